The number of carbonyl (C=O) groups excluding carboxylic acids is 1. The second kappa shape index (κ2) is 17.5. The molecule has 0 spiro atoms. The first-order valence-corrected chi connectivity index (χ1v) is 20.9. The molecule has 0 bridgehead atoms. The molecule has 2 saturated heterocycles. The lowest BCUT2D eigenvalue weighted by Gasteiger charge is -2.29. The minimum atomic E-state index is -5.09. The number of amides is 1. The van der Waals surface area contributed by atoms with E-state index in [1.54, 1.807) is 42.5 Å². The Kier molecular flexibility index (Phi) is 12.4. The summed E-state index contributed by atoms with van der Waals surface area (Å²) in [6.45, 7) is -3.11. The summed E-state index contributed by atoms with van der Waals surface area (Å²) in [6.07, 6.45) is -8.11. The minimum absolute atomic E-state index is 0.0121. The van der Waals surface area contributed by atoms with E-state index in [0.29, 0.717) is 5.56 Å². The minimum Gasteiger partial charge on any atom is -0.394 e. The summed E-state index contributed by atoms with van der Waals surface area (Å²) >= 11 is 0. The molecular weight excluding hydrogens is 826 g/mol. The second-order valence-electron chi connectivity index (χ2n) is 13.0. The number of fused-ring (bicyclic) bond motifs is 2. The highest BCUT2D eigenvalue weighted by molar-refractivity contribution is 7.55. The van der Waals surface area contributed by atoms with Crippen LogP contribution in [0.5, 0.6) is 0 Å². The lowest BCUT2D eigenvalue weighted by atomic mass is 10.2. The largest absolute Gasteiger partial charge is 0.394 e. The first kappa shape index (κ1) is 41.8. The van der Waals surface area contributed by atoms with Crippen molar-refractivity contribution in [3.8, 4) is 12.1 Å². The summed E-state index contributed by atoms with van der Waals surface area (Å²) in [4.78, 5) is 59.0. The molecule has 59 heavy (non-hydrogen) atoms. The smallest absolute Gasteiger partial charge is 0.339 e. The first-order chi connectivity index (χ1) is 28.4. The van der Waals surface area contributed by atoms with Gasteiger partial charge in [0, 0.05) is 5.56 Å². The van der Waals surface area contributed by atoms with Crippen LogP contribution in [0.3, 0.4) is 0 Å². The number of rotatable bonds is 16. The van der Waals surface area contributed by atoms with E-state index in [1.807, 2.05) is 0 Å². The van der Waals surface area contributed by atoms with Crippen molar-refractivity contribution in [1.29, 1.82) is 10.5 Å². The van der Waals surface area contributed by atoms with E-state index in [4.69, 9.17) is 28.3 Å². The van der Waals surface area contributed by atoms with Gasteiger partial charge in [-0.2, -0.15) is 10.5 Å². The maximum Gasteiger partial charge on any atom is 0.339 e. The average molecular weight is 860 g/mol. The predicted octanol–water partition coefficient (Wildman–Crippen LogP) is 2.67. The van der Waals surface area contributed by atoms with Crippen LogP contribution in [0.4, 0.5) is 14.6 Å². The number of hydrogen-bond acceptors (Lipinski definition) is 17. The summed E-state index contributed by atoms with van der Waals surface area (Å²) in [7, 11) is -10.0. The molecule has 7 rings (SSSR count). The number of aromatic nitrogens is 8. The van der Waals surface area contributed by atoms with Crippen LogP contribution in [0.15, 0.2) is 60.4 Å². The van der Waals surface area contributed by atoms with Crippen molar-refractivity contribution in [3.63, 3.8) is 0 Å². The highest BCUT2D eigenvalue weighted by atomic mass is 31.2. The first-order valence-electron chi connectivity index (χ1n) is 17.7. The zero-order chi connectivity index (χ0) is 41.9. The van der Waals surface area contributed by atoms with Gasteiger partial charge in [0.15, 0.2) is 52.9 Å². The summed E-state index contributed by atoms with van der Waals surface area (Å²) in [5.74, 6) is -0.601. The van der Waals surface area contributed by atoms with Crippen molar-refractivity contribution in [2.45, 2.75) is 61.2 Å². The van der Waals surface area contributed by atoms with Crippen molar-refractivity contribution in [1.82, 2.24) is 39.0 Å². The molecule has 10 atom stereocenters. The molecule has 22 nitrogen and oxygen atoms in total. The van der Waals surface area contributed by atoms with Crippen LogP contribution in [0.1, 0.15) is 35.7 Å². The van der Waals surface area contributed by atoms with Crippen molar-refractivity contribution >= 4 is 49.2 Å². The highest BCUT2D eigenvalue weighted by Crippen LogP contribution is 2.62. The number of carbonyl (C=O) groups is 1. The molecule has 310 valence electrons. The number of aliphatic hydroxyl groups excluding tert-OH is 1. The number of nitrogens with zero attached hydrogens (tertiary/aromatic N) is 9. The fourth-order valence-electron chi connectivity index (χ4n) is 6.77. The van der Waals surface area contributed by atoms with E-state index < -0.39 is 101 Å². The van der Waals surface area contributed by atoms with E-state index in [2.05, 4.69) is 35.2 Å². The van der Waals surface area contributed by atoms with E-state index in [1.165, 1.54) is 0 Å². The molecule has 4 N–H and O–H groups in total. The third-order valence-electron chi connectivity index (χ3n) is 9.44. The summed E-state index contributed by atoms with van der Waals surface area (Å²) in [5.41, 5.74) is -4.76. The molecule has 0 radical (unpaired) electrons. The highest BCUT2D eigenvalue weighted by Gasteiger charge is 2.60. The number of benzene rings is 1. The number of alkyl halides is 2. The van der Waals surface area contributed by atoms with Crippen LogP contribution < -0.4 is 10.9 Å². The Labute approximate surface area is 330 Å². The molecule has 2 fully saturated rings. The molecule has 0 saturated carbocycles. The predicted molar refractivity (Wildman–Crippen MR) is 196 cm³/mol. The van der Waals surface area contributed by atoms with Gasteiger partial charge in [-0.3, -0.25) is 27.9 Å². The number of ether oxygens (including phenoxy) is 2. The van der Waals surface area contributed by atoms with Gasteiger partial charge in [0.1, 0.15) is 29.9 Å². The molecule has 1 aromatic carbocycles. The topological polar surface area (TPSA) is 305 Å². The Bertz CT molecular complexity index is 2570. The molecular formula is C33H33F2N11O11P2. The lowest BCUT2D eigenvalue weighted by molar-refractivity contribution is -0.0377. The van der Waals surface area contributed by atoms with Crippen LogP contribution in [0.25, 0.3) is 22.3 Å². The van der Waals surface area contributed by atoms with Gasteiger partial charge in [-0.1, -0.05) is 18.2 Å². The van der Waals surface area contributed by atoms with Gasteiger partial charge < -0.3 is 43.3 Å². The molecule has 26 heteroatoms. The van der Waals surface area contributed by atoms with Crippen molar-refractivity contribution in [3.05, 3.63) is 71.6 Å². The average Bonchev–Trinajstić information content (AvgIpc) is 4.01. The van der Waals surface area contributed by atoms with Gasteiger partial charge in [0.05, 0.1) is 70.4 Å². The zero-order valence-corrected chi connectivity index (χ0v) is 32.1. The quantitative estimate of drug-likeness (QED) is 0.0819. The Hall–Kier alpha value is -5.39. The van der Waals surface area contributed by atoms with Gasteiger partial charge in [-0.25, -0.2) is 33.7 Å². The van der Waals surface area contributed by atoms with Gasteiger partial charge in [0.2, 0.25) is 0 Å². The van der Waals surface area contributed by atoms with Crippen LogP contribution >= 0.6 is 15.2 Å². The third-order valence-corrected chi connectivity index (χ3v) is 13.8. The van der Waals surface area contributed by atoms with Gasteiger partial charge in [-0.05, 0) is 12.1 Å². The Morgan fingerprint density at radius 3 is 2.19 bits per heavy atom. The monoisotopic (exact) mass is 859 g/mol. The maximum absolute atomic E-state index is 16.7. The molecule has 4 aromatic heterocycles. The Balaban J connectivity index is 1.19. The number of halogens is 2. The summed E-state index contributed by atoms with van der Waals surface area (Å²) < 4.78 is 92.0. The Morgan fingerprint density at radius 2 is 1.51 bits per heavy atom. The van der Waals surface area contributed by atoms with Crippen LogP contribution in [0.2, 0.25) is 0 Å². The van der Waals surface area contributed by atoms with E-state index in [0.717, 1.165) is 34.4 Å². The van der Waals surface area contributed by atoms with E-state index in [9.17, 15) is 34.0 Å². The lowest BCUT2D eigenvalue weighted by Crippen LogP contribution is -2.36. The van der Waals surface area contributed by atoms with Gasteiger partial charge in [-0.15, -0.1) is 0 Å². The fraction of sp³-hybridized carbons (Fsp3) is 0.424. The molecule has 0 aliphatic carbocycles. The standard InChI is InChI=1S/C33H33F2N11O11P2/c34-21-25(58(50,51)53-10-4-8-36)20(57-32(21)45-16-42-23-27(38-14-39-28(23)45)44-30(48)18-6-2-1-3-7-18)13-55-59(52,54-11-5-9-37)26-19(12-47)56-33(22(26)35)46-17-43-24-29(46)40-15-41-31(24)49/h1-3,6-7,14-17,19-22,25-26,32-33,47H,4-5,10-13H2,(H,50,51)(H,40,41,49)(H,38,39,44,48)/t19?,20-,21+,22+,25+,26+,32?,33?,59?/m0/s1. The number of aromatic amines is 1. The summed E-state index contributed by atoms with van der Waals surface area (Å²) in [5, 5.41) is 31.1. The number of hydrogen-bond donors (Lipinski definition) is 4. The number of nitrogens with one attached hydrogen (secondary N) is 2. The molecule has 6 heterocycles. The summed E-state index contributed by atoms with van der Waals surface area (Å²) in [6, 6.07) is 11.7. The number of aliphatic hydroxyl groups is 1. The van der Waals surface area contributed by atoms with E-state index >= 15 is 8.78 Å². The van der Waals surface area contributed by atoms with E-state index in [-0.39, 0.29) is 41.0 Å². The SMILES string of the molecule is N#CCCOP(=O)(O)[C@@H]1[C@H](COP(=O)(OCCC#N)[C@@H]2C(CO)OC(n3cnc4c(=O)[nH]cnc43)[C@@H]2F)OC(n2cnc3c(NC(=O)c4ccccc4)ncnc32)[C@@H]1F. The molecule has 5 aromatic rings. The maximum atomic E-state index is 16.7. The van der Waals surface area contributed by atoms with Gasteiger partial charge >= 0.3 is 15.2 Å². The van der Waals surface area contributed by atoms with Crippen LogP contribution in [-0.2, 0) is 32.2 Å². The molecule has 5 unspecified atom stereocenters. The normalized spacial score (nSPS) is 26.3. The van der Waals surface area contributed by atoms with Crippen molar-refractivity contribution in [2.24, 2.45) is 0 Å². The van der Waals surface area contributed by atoms with Gasteiger partial charge in [0.25, 0.3) is 11.5 Å². The number of nitriles is 2. The Morgan fingerprint density at radius 1 is 0.881 bits per heavy atom. The number of imidazole rings is 2. The van der Waals surface area contributed by atoms with Crippen LogP contribution in [-0.4, -0.2) is 117 Å². The number of anilines is 1. The van der Waals surface area contributed by atoms with Crippen LogP contribution in [0, 0.1) is 22.7 Å². The third kappa shape index (κ3) is 8.15. The molecule has 2 aliphatic heterocycles. The fourth-order valence-corrected chi connectivity index (χ4v) is 10.6. The molecule has 1 amide bonds. The van der Waals surface area contributed by atoms with Crippen molar-refractivity contribution < 1.29 is 55.8 Å². The molecule has 2 aliphatic rings. The van der Waals surface area contributed by atoms with Crippen molar-refractivity contribution in [2.75, 3.05) is 31.7 Å². The number of H-pyrrole nitrogens is 1. The second-order valence-corrected chi connectivity index (χ2v) is 17.2. The zero-order valence-electron chi connectivity index (χ0n) is 30.3.